The predicted octanol–water partition coefficient (Wildman–Crippen LogP) is 4.63. The van der Waals surface area contributed by atoms with Crippen LogP contribution < -0.4 is 5.32 Å². The number of benzene rings is 1. The van der Waals surface area contributed by atoms with Gasteiger partial charge in [0.2, 0.25) is 5.91 Å². The van der Waals surface area contributed by atoms with Crippen molar-refractivity contribution >= 4 is 23.4 Å². The molecule has 0 spiro atoms. The molecule has 6 nitrogen and oxygen atoms in total. The minimum atomic E-state index is 0.0222. The minimum Gasteiger partial charge on any atom is -0.352 e. The Labute approximate surface area is 190 Å². The number of nitrogens with zero attached hydrogens (tertiary/aromatic N) is 3. The van der Waals surface area contributed by atoms with Crippen molar-refractivity contribution in [3.63, 3.8) is 0 Å². The molecule has 1 aromatic heterocycles. The highest BCUT2D eigenvalue weighted by Gasteiger charge is 2.27. The molecular formula is C24H33ClN4O2. The molecule has 0 saturated carbocycles. The summed E-state index contributed by atoms with van der Waals surface area (Å²) >= 11 is 6.15. The number of amides is 2. The van der Waals surface area contributed by atoms with Gasteiger partial charge >= 0.3 is 0 Å². The second kappa shape index (κ2) is 10.8. The Kier molecular flexibility index (Phi) is 8.13. The Bertz CT molecular complexity index is 909. The van der Waals surface area contributed by atoms with Crippen molar-refractivity contribution in [2.75, 3.05) is 13.1 Å². The lowest BCUT2D eigenvalue weighted by Gasteiger charge is -2.32. The average molecular weight is 445 g/mol. The number of carbonyl (C=O) groups is 2. The molecule has 1 N–H and O–H groups in total. The predicted molar refractivity (Wildman–Crippen MR) is 123 cm³/mol. The molecule has 1 aromatic carbocycles. The fraction of sp³-hybridized carbons (Fsp3) is 0.542. The first-order valence-electron chi connectivity index (χ1n) is 11.3. The highest BCUT2D eigenvalue weighted by molar-refractivity contribution is 6.31. The Balaban J connectivity index is 1.52. The van der Waals surface area contributed by atoms with Crippen LogP contribution in [0.1, 0.15) is 74.1 Å². The van der Waals surface area contributed by atoms with Crippen LogP contribution >= 0.6 is 11.6 Å². The van der Waals surface area contributed by atoms with E-state index in [1.165, 1.54) is 0 Å². The summed E-state index contributed by atoms with van der Waals surface area (Å²) < 4.78 is 1.81. The van der Waals surface area contributed by atoms with Gasteiger partial charge in [0.1, 0.15) is 5.69 Å². The van der Waals surface area contributed by atoms with Crippen molar-refractivity contribution in [1.29, 1.82) is 0 Å². The second-order valence-electron chi connectivity index (χ2n) is 8.59. The maximum Gasteiger partial charge on any atom is 0.272 e. The minimum absolute atomic E-state index is 0.0222. The van der Waals surface area contributed by atoms with Crippen LogP contribution in [-0.4, -0.2) is 39.6 Å². The third kappa shape index (κ3) is 6.10. The van der Waals surface area contributed by atoms with Crippen LogP contribution in [0.4, 0.5) is 0 Å². The number of hydrogen-bond acceptors (Lipinski definition) is 3. The molecular weight excluding hydrogens is 412 g/mol. The van der Waals surface area contributed by atoms with Crippen LogP contribution in [0, 0.1) is 5.92 Å². The summed E-state index contributed by atoms with van der Waals surface area (Å²) in [6.45, 7) is 8.76. The molecule has 2 aromatic rings. The van der Waals surface area contributed by atoms with E-state index in [9.17, 15) is 9.59 Å². The van der Waals surface area contributed by atoms with Gasteiger partial charge in [0.25, 0.3) is 5.91 Å². The van der Waals surface area contributed by atoms with Gasteiger partial charge in [-0.1, -0.05) is 43.6 Å². The van der Waals surface area contributed by atoms with Crippen molar-refractivity contribution in [2.45, 2.75) is 65.5 Å². The number of aromatic nitrogens is 2. The first kappa shape index (κ1) is 23.3. The molecule has 168 valence electrons. The van der Waals surface area contributed by atoms with Gasteiger partial charge in [-0.25, -0.2) is 0 Å². The van der Waals surface area contributed by atoms with E-state index in [-0.39, 0.29) is 17.7 Å². The Morgan fingerprint density at radius 2 is 2.06 bits per heavy atom. The third-order valence-corrected chi connectivity index (χ3v) is 6.30. The lowest BCUT2D eigenvalue weighted by atomic mass is 9.93. The van der Waals surface area contributed by atoms with Crippen LogP contribution in [0.15, 0.2) is 30.3 Å². The second-order valence-corrected chi connectivity index (χ2v) is 9.00. The van der Waals surface area contributed by atoms with Gasteiger partial charge < -0.3 is 10.2 Å². The molecule has 31 heavy (non-hydrogen) atoms. The molecule has 1 atom stereocenters. The van der Waals surface area contributed by atoms with Gasteiger partial charge in [-0.15, -0.1) is 0 Å². The Morgan fingerprint density at radius 3 is 2.77 bits per heavy atom. The normalized spacial score (nSPS) is 16.5. The molecule has 1 saturated heterocycles. The Morgan fingerprint density at radius 1 is 1.29 bits per heavy atom. The van der Waals surface area contributed by atoms with Crippen LogP contribution in [0.3, 0.4) is 0 Å². The standard InChI is InChI=1S/C24H33ClN4O2/c1-4-29-22(14-21(27-29)17(2)3)24(31)28-13-7-8-18(16-28)11-12-23(30)26-15-19-9-5-6-10-20(19)25/h5-6,9-10,14,17-18H,4,7-8,11-13,15-16H2,1-3H3,(H,26,30). The van der Waals surface area contributed by atoms with E-state index in [1.54, 1.807) is 0 Å². The zero-order chi connectivity index (χ0) is 22.4. The van der Waals surface area contributed by atoms with Crippen LogP contribution in [0.2, 0.25) is 5.02 Å². The monoisotopic (exact) mass is 444 g/mol. The van der Waals surface area contributed by atoms with Gasteiger partial charge in [-0.05, 0) is 55.7 Å². The van der Waals surface area contributed by atoms with Crippen molar-refractivity contribution in [3.8, 4) is 0 Å². The summed E-state index contributed by atoms with van der Waals surface area (Å²) in [6.07, 6.45) is 3.25. The lowest BCUT2D eigenvalue weighted by molar-refractivity contribution is -0.121. The number of halogens is 1. The maximum absolute atomic E-state index is 13.2. The molecule has 0 bridgehead atoms. The van der Waals surface area contributed by atoms with Gasteiger partial charge in [0, 0.05) is 37.6 Å². The van der Waals surface area contributed by atoms with E-state index < -0.39 is 0 Å². The van der Waals surface area contributed by atoms with E-state index in [4.69, 9.17) is 11.6 Å². The first-order valence-corrected chi connectivity index (χ1v) is 11.6. The smallest absolute Gasteiger partial charge is 0.272 e. The van der Waals surface area contributed by atoms with Gasteiger partial charge in [0.05, 0.1) is 5.69 Å². The van der Waals surface area contributed by atoms with Crippen LogP contribution in [-0.2, 0) is 17.9 Å². The summed E-state index contributed by atoms with van der Waals surface area (Å²) in [4.78, 5) is 27.4. The van der Waals surface area contributed by atoms with E-state index in [0.29, 0.717) is 42.7 Å². The van der Waals surface area contributed by atoms with E-state index in [2.05, 4.69) is 24.3 Å². The highest BCUT2D eigenvalue weighted by atomic mass is 35.5. The molecule has 1 fully saturated rings. The number of carbonyl (C=O) groups excluding carboxylic acids is 2. The van der Waals surface area contributed by atoms with Gasteiger partial charge in [-0.3, -0.25) is 14.3 Å². The van der Waals surface area contributed by atoms with Crippen molar-refractivity contribution in [1.82, 2.24) is 20.0 Å². The van der Waals surface area contributed by atoms with Crippen molar-refractivity contribution < 1.29 is 9.59 Å². The molecule has 1 aliphatic heterocycles. The number of piperidine rings is 1. The molecule has 1 unspecified atom stereocenters. The topological polar surface area (TPSA) is 67.2 Å². The number of nitrogens with one attached hydrogen (secondary N) is 1. The zero-order valence-electron chi connectivity index (χ0n) is 18.7. The van der Waals surface area contributed by atoms with E-state index in [1.807, 2.05) is 46.8 Å². The van der Waals surface area contributed by atoms with Gasteiger partial charge in [-0.2, -0.15) is 5.10 Å². The van der Waals surface area contributed by atoms with Crippen molar-refractivity contribution in [3.05, 3.63) is 52.3 Å². The summed E-state index contributed by atoms with van der Waals surface area (Å²) in [6, 6.07) is 9.46. The summed E-state index contributed by atoms with van der Waals surface area (Å²) in [5.74, 6) is 0.701. The summed E-state index contributed by atoms with van der Waals surface area (Å²) in [7, 11) is 0. The van der Waals surface area contributed by atoms with E-state index in [0.717, 1.165) is 37.1 Å². The number of likely N-dealkylation sites (tertiary alicyclic amines) is 1. The molecule has 7 heteroatoms. The molecule has 0 aliphatic carbocycles. The number of rotatable bonds is 8. The third-order valence-electron chi connectivity index (χ3n) is 5.93. The highest BCUT2D eigenvalue weighted by Crippen LogP contribution is 2.24. The summed E-state index contributed by atoms with van der Waals surface area (Å²) in [5, 5.41) is 8.20. The van der Waals surface area contributed by atoms with Crippen LogP contribution in [0.25, 0.3) is 0 Å². The average Bonchev–Trinajstić information content (AvgIpc) is 3.22. The fourth-order valence-electron chi connectivity index (χ4n) is 4.04. The Hall–Kier alpha value is -2.34. The fourth-order valence-corrected chi connectivity index (χ4v) is 4.24. The number of hydrogen-bond donors (Lipinski definition) is 1. The van der Waals surface area contributed by atoms with E-state index >= 15 is 0 Å². The molecule has 2 amide bonds. The molecule has 2 heterocycles. The zero-order valence-corrected chi connectivity index (χ0v) is 19.5. The van der Waals surface area contributed by atoms with Gasteiger partial charge in [0.15, 0.2) is 0 Å². The van der Waals surface area contributed by atoms with Crippen LogP contribution in [0.5, 0.6) is 0 Å². The lowest BCUT2D eigenvalue weighted by Crippen LogP contribution is -2.41. The SMILES string of the molecule is CCn1nc(C(C)C)cc1C(=O)N1CCCC(CCC(=O)NCc2ccccc2Cl)C1. The van der Waals surface area contributed by atoms with Crippen molar-refractivity contribution in [2.24, 2.45) is 5.92 Å². The molecule has 0 radical (unpaired) electrons. The first-order chi connectivity index (χ1) is 14.9. The number of aryl methyl sites for hydroxylation is 1. The molecule has 1 aliphatic rings. The molecule has 3 rings (SSSR count). The quantitative estimate of drug-likeness (QED) is 0.645. The maximum atomic E-state index is 13.2. The largest absolute Gasteiger partial charge is 0.352 e. The summed E-state index contributed by atoms with van der Waals surface area (Å²) in [5.41, 5.74) is 2.54.